The van der Waals surface area contributed by atoms with Gasteiger partial charge in [-0.2, -0.15) is 0 Å². The van der Waals surface area contributed by atoms with Crippen molar-refractivity contribution in [3.63, 3.8) is 0 Å². The summed E-state index contributed by atoms with van der Waals surface area (Å²) >= 11 is 3.58. The summed E-state index contributed by atoms with van der Waals surface area (Å²) in [5, 5.41) is 2.05. The lowest BCUT2D eigenvalue weighted by Gasteiger charge is -2.46. The molecule has 9 heteroatoms. The Bertz CT molecular complexity index is 1520. The molecule has 3 atom stereocenters. The molecule has 4 aromatic carbocycles. The molecule has 1 unspecified atom stereocenters. The number of aryl methyl sites for hydroxylation is 1. The number of benzene rings is 4. The molecular formula is C33H38BrNO4S2Si. The van der Waals surface area contributed by atoms with Crippen LogP contribution in [0, 0.1) is 6.92 Å². The third kappa shape index (κ3) is 7.38. The molecule has 0 aliphatic rings. The molecule has 222 valence electrons. The first-order valence-corrected chi connectivity index (χ1v) is 19.7. The monoisotopic (exact) mass is 683 g/mol. The first-order chi connectivity index (χ1) is 20.0. The van der Waals surface area contributed by atoms with Gasteiger partial charge in [0.05, 0.1) is 33.6 Å². The molecule has 0 radical (unpaired) electrons. The van der Waals surface area contributed by atoms with E-state index in [0.717, 1.165) is 15.9 Å². The summed E-state index contributed by atoms with van der Waals surface area (Å²) in [5.41, 5.74) is 0.970. The zero-order valence-electron chi connectivity index (χ0n) is 24.4. The molecular weight excluding hydrogens is 646 g/mol. The van der Waals surface area contributed by atoms with Gasteiger partial charge in [0, 0.05) is 10.2 Å². The number of alkyl halides is 1. The van der Waals surface area contributed by atoms with Crippen molar-refractivity contribution in [2.45, 2.75) is 54.7 Å². The lowest BCUT2D eigenvalue weighted by atomic mass is 10.2. The van der Waals surface area contributed by atoms with E-state index < -0.39 is 41.3 Å². The molecule has 0 fully saturated rings. The molecule has 1 N–H and O–H groups in total. The molecule has 0 bridgehead atoms. The van der Waals surface area contributed by atoms with Crippen molar-refractivity contribution < 1.29 is 17.1 Å². The number of rotatable bonds is 12. The SMILES string of the molecule is Cc1ccc(S(=O)(=O)N[C@H](CBr)[C@@H](CS(=O)c2ccccc2)O[Si](c2ccccc2)(c2ccccc2)C(C)(C)C)cc1. The van der Waals surface area contributed by atoms with Gasteiger partial charge in [-0.05, 0) is 46.6 Å². The van der Waals surface area contributed by atoms with Gasteiger partial charge in [-0.1, -0.05) is 133 Å². The second-order valence-corrected chi connectivity index (χ2v) is 19.4. The van der Waals surface area contributed by atoms with Gasteiger partial charge in [0.2, 0.25) is 10.0 Å². The number of halogens is 1. The van der Waals surface area contributed by atoms with Crippen molar-refractivity contribution in [3.05, 3.63) is 121 Å². The second kappa shape index (κ2) is 13.9. The van der Waals surface area contributed by atoms with Gasteiger partial charge in [0.15, 0.2) is 0 Å². The third-order valence-corrected chi connectivity index (χ3v) is 16.0. The molecule has 0 saturated heterocycles. The molecule has 0 heterocycles. The first kappa shape index (κ1) is 32.5. The molecule has 0 aliphatic carbocycles. The van der Waals surface area contributed by atoms with Crippen molar-refractivity contribution in [2.24, 2.45) is 0 Å². The highest BCUT2D eigenvalue weighted by Crippen LogP contribution is 2.38. The van der Waals surface area contributed by atoms with Gasteiger partial charge in [0.25, 0.3) is 8.32 Å². The Hall–Kier alpha value is -2.40. The average molecular weight is 685 g/mol. The molecule has 4 rings (SSSR count). The average Bonchev–Trinajstić information content (AvgIpc) is 2.99. The minimum absolute atomic E-state index is 0.112. The van der Waals surface area contributed by atoms with E-state index >= 15 is 0 Å². The molecule has 42 heavy (non-hydrogen) atoms. The van der Waals surface area contributed by atoms with Gasteiger partial charge in [-0.15, -0.1) is 0 Å². The molecule has 5 nitrogen and oxygen atoms in total. The van der Waals surface area contributed by atoms with Crippen LogP contribution in [0.1, 0.15) is 26.3 Å². The maximum Gasteiger partial charge on any atom is 0.261 e. The minimum atomic E-state index is -3.90. The smallest absolute Gasteiger partial charge is 0.261 e. The number of hydrogen-bond donors (Lipinski definition) is 1. The van der Waals surface area contributed by atoms with Gasteiger partial charge >= 0.3 is 0 Å². The summed E-state index contributed by atoms with van der Waals surface area (Å²) in [6.07, 6.45) is -0.725. The molecule has 0 spiro atoms. The normalized spacial score (nSPS) is 14.7. The van der Waals surface area contributed by atoms with Crippen LogP contribution in [0.15, 0.2) is 125 Å². The first-order valence-electron chi connectivity index (χ1n) is 13.9. The second-order valence-electron chi connectivity index (χ2n) is 11.3. The van der Waals surface area contributed by atoms with Crippen molar-refractivity contribution in [2.75, 3.05) is 11.1 Å². The number of sulfonamides is 1. The fraction of sp³-hybridized carbons (Fsp3) is 0.273. The highest BCUT2D eigenvalue weighted by molar-refractivity contribution is 9.09. The summed E-state index contributed by atoms with van der Waals surface area (Å²) in [5.74, 6) is 0.112. The van der Waals surface area contributed by atoms with Crippen LogP contribution in [-0.2, 0) is 25.2 Å². The summed E-state index contributed by atoms with van der Waals surface area (Å²) < 4.78 is 51.4. The van der Waals surface area contributed by atoms with Crippen LogP contribution in [0.5, 0.6) is 0 Å². The summed E-state index contributed by atoms with van der Waals surface area (Å²) in [4.78, 5) is 0.843. The van der Waals surface area contributed by atoms with E-state index in [1.54, 1.807) is 24.3 Å². The van der Waals surface area contributed by atoms with Crippen molar-refractivity contribution in [3.8, 4) is 0 Å². The van der Waals surface area contributed by atoms with E-state index in [2.05, 4.69) is 65.7 Å². The van der Waals surface area contributed by atoms with Crippen LogP contribution < -0.4 is 15.1 Å². The molecule has 0 amide bonds. The van der Waals surface area contributed by atoms with E-state index in [1.165, 1.54) is 0 Å². The van der Waals surface area contributed by atoms with E-state index in [-0.39, 0.29) is 21.0 Å². The lowest BCUT2D eigenvalue weighted by Crippen LogP contribution is -2.69. The molecule has 0 saturated carbocycles. The summed E-state index contributed by atoms with van der Waals surface area (Å²) in [6, 6.07) is 35.7. The van der Waals surface area contributed by atoms with Crippen LogP contribution in [0.3, 0.4) is 0 Å². The van der Waals surface area contributed by atoms with Crippen LogP contribution in [0.4, 0.5) is 0 Å². The zero-order chi connectivity index (χ0) is 30.4. The van der Waals surface area contributed by atoms with E-state index in [0.29, 0.717) is 4.90 Å². The Balaban J connectivity index is 1.85. The van der Waals surface area contributed by atoms with E-state index in [1.807, 2.05) is 73.7 Å². The third-order valence-electron chi connectivity index (χ3n) is 7.32. The fourth-order valence-corrected chi connectivity index (χ4v) is 13.3. The van der Waals surface area contributed by atoms with Gasteiger partial charge in [-0.25, -0.2) is 13.1 Å². The fourth-order valence-electron chi connectivity index (χ4n) is 5.16. The van der Waals surface area contributed by atoms with Crippen molar-refractivity contribution in [1.82, 2.24) is 4.72 Å². The summed E-state index contributed by atoms with van der Waals surface area (Å²) in [7, 11) is -8.45. The lowest BCUT2D eigenvalue weighted by molar-refractivity contribution is 0.181. The van der Waals surface area contributed by atoms with Crippen molar-refractivity contribution in [1.29, 1.82) is 0 Å². The number of hydrogen-bond acceptors (Lipinski definition) is 4. The highest BCUT2D eigenvalue weighted by atomic mass is 79.9. The predicted octanol–water partition coefficient (Wildman–Crippen LogP) is 5.79. The Morgan fingerprint density at radius 1 is 0.810 bits per heavy atom. The summed E-state index contributed by atoms with van der Waals surface area (Å²) in [6.45, 7) is 8.43. The van der Waals surface area contributed by atoms with E-state index in [9.17, 15) is 12.6 Å². The van der Waals surface area contributed by atoms with Gasteiger partial charge in [0.1, 0.15) is 0 Å². The van der Waals surface area contributed by atoms with Gasteiger partial charge < -0.3 is 4.43 Å². The Labute approximate surface area is 262 Å². The number of nitrogens with one attached hydrogen (secondary N) is 1. The van der Waals surface area contributed by atoms with E-state index in [4.69, 9.17) is 4.43 Å². The topological polar surface area (TPSA) is 72.5 Å². The van der Waals surface area contributed by atoms with Crippen LogP contribution >= 0.6 is 15.9 Å². The van der Waals surface area contributed by atoms with Gasteiger partial charge in [-0.3, -0.25) is 4.21 Å². The quantitative estimate of drug-likeness (QED) is 0.152. The largest absolute Gasteiger partial charge is 0.402 e. The molecule has 4 aromatic rings. The Morgan fingerprint density at radius 2 is 1.29 bits per heavy atom. The minimum Gasteiger partial charge on any atom is -0.402 e. The Kier molecular flexibility index (Phi) is 10.8. The Morgan fingerprint density at radius 3 is 1.74 bits per heavy atom. The van der Waals surface area contributed by atoms with Crippen molar-refractivity contribution >= 4 is 55.4 Å². The molecule has 0 aliphatic heterocycles. The highest BCUT2D eigenvalue weighted by Gasteiger charge is 2.52. The molecule has 0 aromatic heterocycles. The standard InChI is InChI=1S/C33H38BrNO4S2Si/c1-26-20-22-28(23-21-26)41(37,38)35-31(24-34)32(25-40(36)27-14-8-5-9-15-27)39-42(33(2,3)4,29-16-10-6-11-17-29)30-18-12-7-13-19-30/h5-23,31-32,35H,24-25H2,1-4H3/t31-,32-,40?/m1/s1. The predicted molar refractivity (Wildman–Crippen MR) is 179 cm³/mol. The van der Waals surface area contributed by atoms with Crippen LogP contribution in [0.2, 0.25) is 5.04 Å². The van der Waals surface area contributed by atoms with Crippen LogP contribution in [0.25, 0.3) is 0 Å². The zero-order valence-corrected chi connectivity index (χ0v) is 28.6. The maximum atomic E-state index is 13.8. The maximum absolute atomic E-state index is 13.8. The van der Waals surface area contributed by atoms with Crippen LogP contribution in [-0.4, -0.2) is 44.2 Å².